The molecule has 2 atom stereocenters. The molecule has 1 saturated heterocycles. The highest BCUT2D eigenvalue weighted by Gasteiger charge is 2.34. The van der Waals surface area contributed by atoms with Crippen molar-refractivity contribution >= 4 is 15.9 Å². The van der Waals surface area contributed by atoms with E-state index in [1.807, 2.05) is 27.7 Å². The minimum absolute atomic E-state index is 0.0273. The van der Waals surface area contributed by atoms with Crippen LogP contribution in [0.4, 0.5) is 0 Å². The molecule has 1 aromatic rings. The van der Waals surface area contributed by atoms with E-state index in [0.29, 0.717) is 6.54 Å². The average Bonchev–Trinajstić information content (AvgIpc) is 2.91. The summed E-state index contributed by atoms with van der Waals surface area (Å²) in [5, 5.41) is 0. The summed E-state index contributed by atoms with van der Waals surface area (Å²) in [4.78, 5) is 14.3. The summed E-state index contributed by atoms with van der Waals surface area (Å²) in [6.07, 6.45) is -0.0273. The Labute approximate surface area is 137 Å². The molecule has 1 unspecified atom stereocenters. The summed E-state index contributed by atoms with van der Waals surface area (Å²) in [6.45, 7) is 8.10. The maximum Gasteiger partial charge on any atom is 0.242 e. The first-order chi connectivity index (χ1) is 10.7. The maximum absolute atomic E-state index is 12.6. The summed E-state index contributed by atoms with van der Waals surface area (Å²) in [6, 6.07) is 5.74. The van der Waals surface area contributed by atoms with Crippen molar-refractivity contribution in [3.05, 3.63) is 29.8 Å². The van der Waals surface area contributed by atoms with Crippen molar-refractivity contribution in [3.63, 3.8) is 0 Å². The first kappa shape index (κ1) is 17.9. The zero-order valence-corrected chi connectivity index (χ0v) is 14.8. The lowest BCUT2D eigenvalue weighted by Crippen LogP contribution is -2.50. The Bertz CT molecular complexity index is 655. The predicted octanol–water partition coefficient (Wildman–Crippen LogP) is 1.50. The highest BCUT2D eigenvalue weighted by molar-refractivity contribution is 7.89. The number of rotatable bonds is 5. The minimum atomic E-state index is -3.75. The smallest absolute Gasteiger partial charge is 0.242 e. The van der Waals surface area contributed by atoms with Crippen LogP contribution in [0.5, 0.6) is 0 Å². The first-order valence-corrected chi connectivity index (χ1v) is 9.18. The Morgan fingerprint density at radius 3 is 2.39 bits per heavy atom. The van der Waals surface area contributed by atoms with Crippen molar-refractivity contribution in [2.24, 2.45) is 5.92 Å². The van der Waals surface area contributed by atoms with E-state index in [0.717, 1.165) is 5.56 Å². The second-order valence-electron chi connectivity index (χ2n) is 6.32. The molecule has 0 bridgehead atoms. The summed E-state index contributed by atoms with van der Waals surface area (Å²) in [5.41, 5.74) is 0.976. The second kappa shape index (κ2) is 6.98. The van der Waals surface area contributed by atoms with Crippen LogP contribution >= 0.6 is 0 Å². The van der Waals surface area contributed by atoms with Gasteiger partial charge in [-0.3, -0.25) is 4.79 Å². The second-order valence-corrected chi connectivity index (χ2v) is 8.04. The van der Waals surface area contributed by atoms with Crippen LogP contribution < -0.4 is 4.72 Å². The third kappa shape index (κ3) is 4.31. The molecule has 1 fully saturated rings. The SMILES string of the molecule is Cc1ccc(S(=O)(=O)NC(C(=O)N2CO[C@@H](C)C2)C(C)C)cc1. The molecule has 1 aromatic carbocycles. The van der Waals surface area contributed by atoms with Gasteiger partial charge in [0.25, 0.3) is 0 Å². The normalized spacial score (nSPS) is 20.0. The van der Waals surface area contributed by atoms with E-state index in [1.165, 1.54) is 0 Å². The van der Waals surface area contributed by atoms with E-state index < -0.39 is 16.1 Å². The van der Waals surface area contributed by atoms with Gasteiger partial charge in [-0.15, -0.1) is 0 Å². The van der Waals surface area contributed by atoms with E-state index in [-0.39, 0.29) is 29.6 Å². The molecule has 0 aromatic heterocycles. The fourth-order valence-corrected chi connectivity index (χ4v) is 3.75. The summed E-state index contributed by atoms with van der Waals surface area (Å²) in [7, 11) is -3.75. The third-order valence-electron chi connectivity index (χ3n) is 3.85. The standard InChI is InChI=1S/C16H24N2O4S/c1-11(2)15(16(19)18-9-13(4)22-10-18)17-23(20,21)14-7-5-12(3)6-8-14/h5-8,11,13,15,17H,9-10H2,1-4H3/t13-,15?/m0/s1. The summed E-state index contributed by atoms with van der Waals surface area (Å²) >= 11 is 0. The number of aryl methyl sites for hydroxylation is 1. The molecular formula is C16H24N2O4S. The molecule has 0 saturated carbocycles. The lowest BCUT2D eigenvalue weighted by Gasteiger charge is -2.25. The molecule has 6 nitrogen and oxygen atoms in total. The molecule has 1 amide bonds. The Morgan fingerprint density at radius 2 is 1.91 bits per heavy atom. The molecule has 23 heavy (non-hydrogen) atoms. The molecule has 0 aliphatic carbocycles. The zero-order chi connectivity index (χ0) is 17.2. The molecule has 7 heteroatoms. The Hall–Kier alpha value is -1.44. The van der Waals surface area contributed by atoms with E-state index in [9.17, 15) is 13.2 Å². The van der Waals surface area contributed by atoms with E-state index >= 15 is 0 Å². The molecule has 0 spiro atoms. The van der Waals surface area contributed by atoms with E-state index in [4.69, 9.17) is 4.74 Å². The van der Waals surface area contributed by atoms with Gasteiger partial charge in [-0.2, -0.15) is 4.72 Å². The largest absolute Gasteiger partial charge is 0.356 e. The van der Waals surface area contributed by atoms with Crippen LogP contribution in [-0.2, 0) is 19.6 Å². The van der Waals surface area contributed by atoms with Crippen molar-refractivity contribution < 1.29 is 17.9 Å². The fraction of sp³-hybridized carbons (Fsp3) is 0.562. The van der Waals surface area contributed by atoms with Gasteiger partial charge in [0.2, 0.25) is 15.9 Å². The van der Waals surface area contributed by atoms with Gasteiger partial charge >= 0.3 is 0 Å². The molecule has 1 heterocycles. The molecule has 0 radical (unpaired) electrons. The van der Waals surface area contributed by atoms with Crippen molar-refractivity contribution in [1.29, 1.82) is 0 Å². The van der Waals surface area contributed by atoms with Crippen LogP contribution in [0.15, 0.2) is 29.2 Å². The third-order valence-corrected chi connectivity index (χ3v) is 5.31. The number of hydrogen-bond donors (Lipinski definition) is 1. The molecule has 2 rings (SSSR count). The number of hydrogen-bond acceptors (Lipinski definition) is 4. The molecule has 1 N–H and O–H groups in total. The number of nitrogens with one attached hydrogen (secondary N) is 1. The van der Waals surface area contributed by atoms with Gasteiger partial charge in [-0.05, 0) is 31.9 Å². The van der Waals surface area contributed by atoms with Crippen molar-refractivity contribution in [2.45, 2.75) is 44.7 Å². The Balaban J connectivity index is 2.18. The minimum Gasteiger partial charge on any atom is -0.356 e. The number of sulfonamides is 1. The molecule has 1 aliphatic heterocycles. The van der Waals surface area contributed by atoms with Crippen molar-refractivity contribution in [3.8, 4) is 0 Å². The molecule has 1 aliphatic rings. The van der Waals surface area contributed by atoms with Gasteiger partial charge in [0, 0.05) is 6.54 Å². The van der Waals surface area contributed by atoms with Gasteiger partial charge < -0.3 is 9.64 Å². The van der Waals surface area contributed by atoms with Gasteiger partial charge in [-0.25, -0.2) is 8.42 Å². The first-order valence-electron chi connectivity index (χ1n) is 7.70. The summed E-state index contributed by atoms with van der Waals surface area (Å²) < 4.78 is 33.0. The van der Waals surface area contributed by atoms with Gasteiger partial charge in [-0.1, -0.05) is 31.5 Å². The number of amides is 1. The fourth-order valence-electron chi connectivity index (χ4n) is 2.41. The average molecular weight is 340 g/mol. The predicted molar refractivity (Wildman–Crippen MR) is 87.3 cm³/mol. The van der Waals surface area contributed by atoms with Crippen LogP contribution in [0.1, 0.15) is 26.3 Å². The monoisotopic (exact) mass is 340 g/mol. The highest BCUT2D eigenvalue weighted by atomic mass is 32.2. The van der Waals surface area contributed by atoms with Gasteiger partial charge in [0.1, 0.15) is 12.8 Å². The van der Waals surface area contributed by atoms with Crippen LogP contribution in [0.2, 0.25) is 0 Å². The number of ether oxygens (including phenoxy) is 1. The quantitative estimate of drug-likeness (QED) is 0.881. The van der Waals surface area contributed by atoms with Crippen LogP contribution in [0, 0.1) is 12.8 Å². The number of carbonyl (C=O) groups excluding carboxylic acids is 1. The molecular weight excluding hydrogens is 316 g/mol. The lowest BCUT2D eigenvalue weighted by molar-refractivity contribution is -0.134. The number of carbonyl (C=O) groups is 1. The van der Waals surface area contributed by atoms with Crippen LogP contribution in [0.25, 0.3) is 0 Å². The van der Waals surface area contributed by atoms with Gasteiger partial charge in [0.15, 0.2) is 0 Å². The maximum atomic E-state index is 12.6. The zero-order valence-electron chi connectivity index (χ0n) is 13.9. The summed E-state index contributed by atoms with van der Waals surface area (Å²) in [5.74, 6) is -0.418. The van der Waals surface area contributed by atoms with Crippen molar-refractivity contribution in [2.75, 3.05) is 13.3 Å². The number of nitrogens with zero attached hydrogens (tertiary/aromatic N) is 1. The van der Waals surface area contributed by atoms with Crippen LogP contribution in [-0.4, -0.2) is 44.6 Å². The van der Waals surface area contributed by atoms with Crippen molar-refractivity contribution in [1.82, 2.24) is 9.62 Å². The number of benzene rings is 1. The Kier molecular flexibility index (Phi) is 5.44. The lowest BCUT2D eigenvalue weighted by atomic mass is 10.0. The topological polar surface area (TPSA) is 75.7 Å². The van der Waals surface area contributed by atoms with E-state index in [2.05, 4.69) is 4.72 Å². The molecule has 128 valence electrons. The highest BCUT2D eigenvalue weighted by Crippen LogP contribution is 2.16. The van der Waals surface area contributed by atoms with Crippen LogP contribution in [0.3, 0.4) is 0 Å². The Morgan fingerprint density at radius 1 is 1.30 bits per heavy atom. The van der Waals surface area contributed by atoms with Gasteiger partial charge in [0.05, 0.1) is 11.0 Å². The van der Waals surface area contributed by atoms with E-state index in [1.54, 1.807) is 29.2 Å².